The molecule has 1 aliphatic carbocycles. The fourth-order valence-corrected chi connectivity index (χ4v) is 6.97. The Morgan fingerprint density at radius 2 is 1.49 bits per heavy atom. The van der Waals surface area contributed by atoms with Crippen molar-refractivity contribution in [1.29, 1.82) is 0 Å². The van der Waals surface area contributed by atoms with E-state index in [4.69, 9.17) is 11.6 Å². The number of hydrogen-bond acceptors (Lipinski definition) is 4. The zero-order valence-corrected chi connectivity index (χ0v) is 21.3. The van der Waals surface area contributed by atoms with E-state index in [9.17, 15) is 18.8 Å². The van der Waals surface area contributed by atoms with E-state index in [2.05, 4.69) is 0 Å². The van der Waals surface area contributed by atoms with Crippen LogP contribution in [0.5, 0.6) is 0 Å². The van der Waals surface area contributed by atoms with Crippen LogP contribution in [-0.2, 0) is 0 Å². The van der Waals surface area contributed by atoms with Crippen LogP contribution in [0.4, 0.5) is 10.1 Å². The summed E-state index contributed by atoms with van der Waals surface area (Å²) in [6, 6.07) is 25.2. The number of hydrogen-bond donors (Lipinski definition) is 0. The van der Waals surface area contributed by atoms with Crippen LogP contribution in [0.2, 0.25) is 5.02 Å². The van der Waals surface area contributed by atoms with Gasteiger partial charge in [-0.15, -0.1) is 0 Å². The lowest BCUT2D eigenvalue weighted by Crippen LogP contribution is -2.48. The second kappa shape index (κ2) is 8.58. The molecular weight excluding hydrogens is 513 g/mol. The molecule has 4 nitrogen and oxygen atoms in total. The van der Waals surface area contributed by atoms with Gasteiger partial charge in [-0.1, -0.05) is 78.4 Å². The SMILES string of the molecule is O=C(c1ccc(F)cc1)[C@H]1[C@H](c2cccc(Cl)c2)C2(C(=O)c3ccccc3C2=O)[C@H]2C=Cc3ccccc3N12. The molecular formula is C33H21ClFNO3. The summed E-state index contributed by atoms with van der Waals surface area (Å²) in [5.74, 6) is -2.23. The second-order valence-electron chi connectivity index (χ2n) is 10.2. The molecule has 7 rings (SSSR count). The van der Waals surface area contributed by atoms with Crippen LogP contribution in [0.25, 0.3) is 6.08 Å². The Labute approximate surface area is 229 Å². The number of ketones is 3. The van der Waals surface area contributed by atoms with Gasteiger partial charge in [-0.2, -0.15) is 0 Å². The highest BCUT2D eigenvalue weighted by molar-refractivity contribution is 6.32. The average molecular weight is 534 g/mol. The fraction of sp³-hybridized carbons (Fsp3) is 0.121. The molecule has 6 heteroatoms. The van der Waals surface area contributed by atoms with E-state index < -0.39 is 29.2 Å². The van der Waals surface area contributed by atoms with Gasteiger partial charge in [0.1, 0.15) is 17.3 Å². The third-order valence-corrected chi connectivity index (χ3v) is 8.55. The lowest BCUT2D eigenvalue weighted by Gasteiger charge is -2.37. The first-order valence-corrected chi connectivity index (χ1v) is 13.1. The second-order valence-corrected chi connectivity index (χ2v) is 10.6. The van der Waals surface area contributed by atoms with Gasteiger partial charge in [-0.25, -0.2) is 4.39 Å². The molecule has 0 radical (unpaired) electrons. The highest BCUT2D eigenvalue weighted by atomic mass is 35.5. The van der Waals surface area contributed by atoms with E-state index in [-0.39, 0.29) is 17.3 Å². The van der Waals surface area contributed by atoms with E-state index in [0.717, 1.165) is 11.3 Å². The predicted molar refractivity (Wildman–Crippen MR) is 148 cm³/mol. The molecule has 4 aromatic carbocycles. The third-order valence-electron chi connectivity index (χ3n) is 8.32. The van der Waals surface area contributed by atoms with E-state index in [1.165, 1.54) is 24.3 Å². The number of anilines is 1. The monoisotopic (exact) mass is 533 g/mol. The highest BCUT2D eigenvalue weighted by Crippen LogP contribution is 2.61. The minimum Gasteiger partial charge on any atom is -0.352 e. The zero-order chi connectivity index (χ0) is 26.9. The molecule has 0 unspecified atom stereocenters. The van der Waals surface area contributed by atoms with Crippen molar-refractivity contribution >= 4 is 40.7 Å². The molecule has 39 heavy (non-hydrogen) atoms. The van der Waals surface area contributed by atoms with Gasteiger partial charge in [-0.05, 0) is 53.6 Å². The standard InChI is InChI=1S/C33H21ClFNO3/c34-22-8-5-7-21(18-22)28-29(30(37)20-12-15-23(35)16-13-20)36-26-11-4-1-6-19(26)14-17-27(36)33(28)31(38)24-9-2-3-10-25(24)32(33)39/h1-18,27-29H/t27-,28+,29-/m1/s1. The first-order valence-electron chi connectivity index (χ1n) is 12.7. The molecule has 3 atom stereocenters. The summed E-state index contributed by atoms with van der Waals surface area (Å²) in [5, 5.41) is 0.437. The number of fused-ring (bicyclic) bond motifs is 5. The molecule has 0 bridgehead atoms. The third kappa shape index (κ3) is 3.20. The van der Waals surface area contributed by atoms with Gasteiger partial charge in [0.15, 0.2) is 17.3 Å². The molecule has 2 aliphatic heterocycles. The maximum Gasteiger partial charge on any atom is 0.185 e. The Morgan fingerprint density at radius 3 is 2.18 bits per heavy atom. The van der Waals surface area contributed by atoms with Crippen molar-refractivity contribution in [3.8, 4) is 0 Å². The van der Waals surface area contributed by atoms with Gasteiger partial charge < -0.3 is 4.90 Å². The number of carbonyl (C=O) groups excluding carboxylic acids is 3. The van der Waals surface area contributed by atoms with Gasteiger partial charge in [0.25, 0.3) is 0 Å². The molecule has 0 amide bonds. The van der Waals surface area contributed by atoms with Crippen molar-refractivity contribution in [1.82, 2.24) is 0 Å². The normalized spacial score (nSPS) is 22.1. The van der Waals surface area contributed by atoms with Crippen LogP contribution in [-0.4, -0.2) is 29.4 Å². The van der Waals surface area contributed by atoms with Gasteiger partial charge in [0, 0.05) is 33.3 Å². The maximum absolute atomic E-state index is 14.5. The summed E-state index contributed by atoms with van der Waals surface area (Å²) in [7, 11) is 0. The minimum atomic E-state index is -1.60. The van der Waals surface area contributed by atoms with Crippen LogP contribution < -0.4 is 4.90 Å². The number of carbonyl (C=O) groups is 3. The van der Waals surface area contributed by atoms with Gasteiger partial charge in [0.05, 0.1) is 6.04 Å². The topological polar surface area (TPSA) is 54.5 Å². The van der Waals surface area contributed by atoms with Crippen LogP contribution in [0.15, 0.2) is 103 Å². The number of nitrogens with zero attached hydrogens (tertiary/aromatic N) is 1. The van der Waals surface area contributed by atoms with E-state index in [0.29, 0.717) is 27.3 Å². The molecule has 2 heterocycles. The molecule has 1 fully saturated rings. The summed E-state index contributed by atoms with van der Waals surface area (Å²) < 4.78 is 13.8. The van der Waals surface area contributed by atoms with Crippen LogP contribution in [0, 0.1) is 11.2 Å². The Hall–Kier alpha value is -4.35. The Kier molecular flexibility index (Phi) is 5.23. The van der Waals surface area contributed by atoms with Gasteiger partial charge >= 0.3 is 0 Å². The average Bonchev–Trinajstić information content (AvgIpc) is 3.39. The Balaban J connectivity index is 1.55. The molecule has 0 N–H and O–H groups in total. The maximum atomic E-state index is 14.5. The number of rotatable bonds is 3. The molecule has 190 valence electrons. The van der Waals surface area contributed by atoms with E-state index in [1.54, 1.807) is 42.5 Å². The van der Waals surface area contributed by atoms with Gasteiger partial charge in [0.2, 0.25) is 0 Å². The summed E-state index contributed by atoms with van der Waals surface area (Å²) in [5.41, 5.74) is 1.67. The van der Waals surface area contributed by atoms with Crippen LogP contribution >= 0.6 is 11.6 Å². The Bertz CT molecular complexity index is 1690. The molecule has 1 spiro atoms. The summed E-state index contributed by atoms with van der Waals surface area (Å²) >= 11 is 6.45. The summed E-state index contributed by atoms with van der Waals surface area (Å²) in [6.45, 7) is 0. The first kappa shape index (κ1) is 23.7. The largest absolute Gasteiger partial charge is 0.352 e. The molecule has 3 aliphatic rings. The number of halogens is 2. The van der Waals surface area contributed by atoms with Crippen LogP contribution in [0.3, 0.4) is 0 Å². The van der Waals surface area contributed by atoms with Crippen molar-refractivity contribution < 1.29 is 18.8 Å². The molecule has 1 saturated heterocycles. The van der Waals surface area contributed by atoms with Crippen molar-refractivity contribution in [2.45, 2.75) is 18.0 Å². The Morgan fingerprint density at radius 1 is 0.821 bits per heavy atom. The highest BCUT2D eigenvalue weighted by Gasteiger charge is 2.71. The predicted octanol–water partition coefficient (Wildman–Crippen LogP) is 6.80. The van der Waals surface area contributed by atoms with Crippen molar-refractivity contribution in [2.24, 2.45) is 5.41 Å². The quantitative estimate of drug-likeness (QED) is 0.215. The lowest BCUT2D eigenvalue weighted by atomic mass is 9.64. The van der Waals surface area contributed by atoms with Crippen LogP contribution in [0.1, 0.15) is 48.1 Å². The van der Waals surface area contributed by atoms with E-state index >= 15 is 0 Å². The molecule has 4 aromatic rings. The fourth-order valence-electron chi connectivity index (χ4n) is 6.78. The van der Waals surface area contributed by atoms with Crippen molar-refractivity contribution in [2.75, 3.05) is 4.90 Å². The molecule has 0 aromatic heterocycles. The van der Waals surface area contributed by atoms with Crippen molar-refractivity contribution in [3.63, 3.8) is 0 Å². The summed E-state index contributed by atoms with van der Waals surface area (Å²) in [4.78, 5) is 45.5. The van der Waals surface area contributed by atoms with Gasteiger partial charge in [-0.3, -0.25) is 14.4 Å². The first-order chi connectivity index (χ1) is 18.9. The number of Topliss-reactive ketones (excluding diaryl/α,β-unsaturated/α-hetero) is 3. The lowest BCUT2D eigenvalue weighted by molar-refractivity contribution is 0.0666. The smallest absolute Gasteiger partial charge is 0.185 e. The zero-order valence-electron chi connectivity index (χ0n) is 20.6. The van der Waals surface area contributed by atoms with Crippen molar-refractivity contribution in [3.05, 3.63) is 142 Å². The number of benzene rings is 4. The number of para-hydroxylation sites is 1. The molecule has 0 saturated carbocycles. The van der Waals surface area contributed by atoms with E-state index in [1.807, 2.05) is 47.4 Å². The summed E-state index contributed by atoms with van der Waals surface area (Å²) in [6.07, 6.45) is 3.79. The minimum absolute atomic E-state index is 0.298.